The molecule has 0 heterocycles. The molecule has 0 unspecified atom stereocenters. The van der Waals surface area contributed by atoms with Crippen LogP contribution >= 0.6 is 0 Å². The Balaban J connectivity index is 1.93. The summed E-state index contributed by atoms with van der Waals surface area (Å²) in [5.41, 5.74) is 0.493. The number of anilines is 1. The van der Waals surface area contributed by atoms with Gasteiger partial charge in [0.05, 0.1) is 19.1 Å². The predicted octanol–water partition coefficient (Wildman–Crippen LogP) is 3.86. The van der Waals surface area contributed by atoms with Gasteiger partial charge in [-0.05, 0) is 49.1 Å². The monoisotopic (exact) mass is 533 g/mol. The zero-order chi connectivity index (χ0) is 27.0. The number of sulfonamides is 1. The lowest BCUT2D eigenvalue weighted by atomic mass is 9.95. The second kappa shape index (κ2) is 12.9. The van der Waals surface area contributed by atoms with E-state index in [1.54, 1.807) is 24.3 Å². The Labute approximate surface area is 218 Å². The van der Waals surface area contributed by atoms with Gasteiger partial charge in [-0.15, -0.1) is 0 Å². The van der Waals surface area contributed by atoms with E-state index in [0.29, 0.717) is 17.7 Å². The van der Waals surface area contributed by atoms with Crippen LogP contribution in [0.4, 0.5) is 10.1 Å². The first kappa shape index (κ1) is 28.4. The average Bonchev–Trinajstić information content (AvgIpc) is 2.87. The van der Waals surface area contributed by atoms with Crippen LogP contribution in [0.5, 0.6) is 5.75 Å². The molecule has 2 amide bonds. The third-order valence-electron chi connectivity index (χ3n) is 6.62. The van der Waals surface area contributed by atoms with Gasteiger partial charge in [-0.25, -0.2) is 12.8 Å². The molecule has 0 radical (unpaired) electrons. The van der Waals surface area contributed by atoms with Crippen molar-refractivity contribution in [2.24, 2.45) is 0 Å². The number of nitrogens with zero attached hydrogens (tertiary/aromatic N) is 2. The van der Waals surface area contributed by atoms with Gasteiger partial charge in [-0.1, -0.05) is 50.5 Å². The maximum Gasteiger partial charge on any atom is 0.244 e. The molecule has 1 fully saturated rings. The highest BCUT2D eigenvalue weighted by molar-refractivity contribution is 7.92. The van der Waals surface area contributed by atoms with Crippen LogP contribution in [0.15, 0.2) is 48.5 Å². The van der Waals surface area contributed by atoms with Gasteiger partial charge < -0.3 is 15.0 Å². The maximum atomic E-state index is 14.6. The minimum atomic E-state index is -4.00. The van der Waals surface area contributed by atoms with Crippen molar-refractivity contribution in [1.82, 2.24) is 10.2 Å². The molecule has 2 aromatic rings. The fourth-order valence-electron chi connectivity index (χ4n) is 4.68. The molecule has 3 rings (SSSR count). The highest BCUT2D eigenvalue weighted by Crippen LogP contribution is 2.24. The van der Waals surface area contributed by atoms with E-state index < -0.39 is 34.3 Å². The Morgan fingerprint density at radius 1 is 1.11 bits per heavy atom. The van der Waals surface area contributed by atoms with Gasteiger partial charge in [0, 0.05) is 12.6 Å². The smallest absolute Gasteiger partial charge is 0.244 e. The molecule has 0 aliphatic heterocycles. The SMILES string of the molecule is CC[C@@H](C(=O)NC1CCCCC1)N(Cc1cccc(OC)c1)C(=O)CN(c1ccccc1F)S(C)(=O)=O. The Bertz CT molecular complexity index is 1180. The summed E-state index contributed by atoms with van der Waals surface area (Å²) in [5, 5.41) is 3.09. The van der Waals surface area contributed by atoms with Gasteiger partial charge in [0.15, 0.2) is 0 Å². The Morgan fingerprint density at radius 2 is 1.81 bits per heavy atom. The van der Waals surface area contributed by atoms with Gasteiger partial charge in [0.25, 0.3) is 0 Å². The van der Waals surface area contributed by atoms with E-state index in [2.05, 4.69) is 5.32 Å². The number of methoxy groups -OCH3 is 1. The van der Waals surface area contributed by atoms with E-state index in [9.17, 15) is 22.4 Å². The number of rotatable bonds is 11. The predicted molar refractivity (Wildman–Crippen MR) is 141 cm³/mol. The van der Waals surface area contributed by atoms with Crippen LogP contribution in [0, 0.1) is 5.82 Å². The molecule has 1 saturated carbocycles. The van der Waals surface area contributed by atoms with E-state index in [0.717, 1.165) is 48.7 Å². The van der Waals surface area contributed by atoms with E-state index in [-0.39, 0.29) is 24.2 Å². The summed E-state index contributed by atoms with van der Waals surface area (Å²) in [5.74, 6) is -1.06. The molecule has 202 valence electrons. The third kappa shape index (κ3) is 7.67. The van der Waals surface area contributed by atoms with Gasteiger partial charge in [0.1, 0.15) is 24.2 Å². The lowest BCUT2D eigenvalue weighted by molar-refractivity contribution is -0.140. The van der Waals surface area contributed by atoms with Crippen LogP contribution in [-0.4, -0.2) is 57.1 Å². The van der Waals surface area contributed by atoms with E-state index >= 15 is 0 Å². The van der Waals surface area contributed by atoms with Crippen LogP contribution < -0.4 is 14.4 Å². The third-order valence-corrected chi connectivity index (χ3v) is 7.75. The zero-order valence-corrected chi connectivity index (χ0v) is 22.5. The first-order valence-electron chi connectivity index (χ1n) is 12.6. The molecule has 1 aliphatic rings. The zero-order valence-electron chi connectivity index (χ0n) is 21.7. The summed E-state index contributed by atoms with van der Waals surface area (Å²) in [4.78, 5) is 28.5. The second-order valence-corrected chi connectivity index (χ2v) is 11.3. The molecule has 0 spiro atoms. The number of benzene rings is 2. The fourth-order valence-corrected chi connectivity index (χ4v) is 5.53. The van der Waals surface area contributed by atoms with Crippen LogP contribution in [0.1, 0.15) is 51.0 Å². The molecule has 1 atom stereocenters. The van der Waals surface area contributed by atoms with Gasteiger partial charge >= 0.3 is 0 Å². The number of amides is 2. The molecule has 8 nitrogen and oxygen atoms in total. The molecule has 2 aromatic carbocycles. The number of ether oxygens (including phenoxy) is 1. The van der Waals surface area contributed by atoms with Crippen molar-refractivity contribution in [2.45, 2.75) is 64.1 Å². The largest absolute Gasteiger partial charge is 0.497 e. The van der Waals surface area contributed by atoms with E-state index in [4.69, 9.17) is 4.74 Å². The van der Waals surface area contributed by atoms with Crippen molar-refractivity contribution in [3.8, 4) is 5.75 Å². The van der Waals surface area contributed by atoms with Gasteiger partial charge in [-0.3, -0.25) is 13.9 Å². The lowest BCUT2D eigenvalue weighted by Crippen LogP contribution is -2.54. The standard InChI is InChI=1S/C27H36FN3O5S/c1-4-24(27(33)29-21-12-6-5-7-13-21)30(18-20-11-10-14-22(17-20)36-2)26(32)19-31(37(3,34)35)25-16-9-8-15-23(25)28/h8-11,14-17,21,24H,4-7,12-13,18-19H2,1-3H3,(H,29,33)/t24-/m0/s1. The average molecular weight is 534 g/mol. The molecule has 37 heavy (non-hydrogen) atoms. The Morgan fingerprint density at radius 3 is 2.43 bits per heavy atom. The number of nitrogens with one attached hydrogen (secondary N) is 1. The minimum Gasteiger partial charge on any atom is -0.497 e. The summed E-state index contributed by atoms with van der Waals surface area (Å²) >= 11 is 0. The topological polar surface area (TPSA) is 96.0 Å². The Kier molecular flexibility index (Phi) is 9.91. The fraction of sp³-hybridized carbons (Fsp3) is 0.481. The summed E-state index contributed by atoms with van der Waals surface area (Å²) in [7, 11) is -2.47. The summed E-state index contributed by atoms with van der Waals surface area (Å²) < 4.78 is 45.8. The highest BCUT2D eigenvalue weighted by atomic mass is 32.2. The molecule has 0 aromatic heterocycles. The molecule has 0 bridgehead atoms. The summed E-state index contributed by atoms with van der Waals surface area (Å²) in [6, 6.07) is 11.7. The van der Waals surface area contributed by atoms with Crippen LogP contribution in [0.25, 0.3) is 0 Å². The van der Waals surface area contributed by atoms with Crippen LogP contribution in [-0.2, 0) is 26.2 Å². The second-order valence-electron chi connectivity index (χ2n) is 9.36. The molecule has 0 saturated heterocycles. The molecular weight excluding hydrogens is 497 g/mol. The first-order chi connectivity index (χ1) is 17.6. The molecular formula is C27H36FN3O5S. The van der Waals surface area contributed by atoms with Crippen molar-refractivity contribution >= 4 is 27.5 Å². The maximum absolute atomic E-state index is 14.6. The van der Waals surface area contributed by atoms with Crippen LogP contribution in [0.2, 0.25) is 0 Å². The van der Waals surface area contributed by atoms with E-state index in [1.807, 2.05) is 6.92 Å². The van der Waals surface area contributed by atoms with Crippen LogP contribution in [0.3, 0.4) is 0 Å². The first-order valence-corrected chi connectivity index (χ1v) is 14.4. The number of hydrogen-bond acceptors (Lipinski definition) is 5. The lowest BCUT2D eigenvalue weighted by Gasteiger charge is -2.34. The van der Waals surface area contributed by atoms with Crippen molar-refractivity contribution in [2.75, 3.05) is 24.2 Å². The number of halogens is 1. The molecule has 1 aliphatic carbocycles. The van der Waals surface area contributed by atoms with Gasteiger partial charge in [0.2, 0.25) is 21.8 Å². The van der Waals surface area contributed by atoms with E-state index in [1.165, 1.54) is 30.2 Å². The minimum absolute atomic E-state index is 0.0509. The van der Waals surface area contributed by atoms with Crippen molar-refractivity contribution in [3.63, 3.8) is 0 Å². The van der Waals surface area contributed by atoms with Crippen molar-refractivity contribution < 1.29 is 27.1 Å². The number of carbonyl (C=O) groups is 2. The summed E-state index contributed by atoms with van der Waals surface area (Å²) in [6.45, 7) is 1.22. The molecule has 1 N–H and O–H groups in total. The van der Waals surface area contributed by atoms with Crippen molar-refractivity contribution in [3.05, 3.63) is 59.9 Å². The quantitative estimate of drug-likeness (QED) is 0.473. The highest BCUT2D eigenvalue weighted by Gasteiger charge is 2.33. The number of carbonyl (C=O) groups excluding carboxylic acids is 2. The molecule has 10 heteroatoms. The normalized spacial score (nSPS) is 15.0. The Hall–Kier alpha value is -3.14. The van der Waals surface area contributed by atoms with Crippen molar-refractivity contribution in [1.29, 1.82) is 0 Å². The number of hydrogen-bond donors (Lipinski definition) is 1. The van der Waals surface area contributed by atoms with Gasteiger partial charge in [-0.2, -0.15) is 0 Å². The summed E-state index contributed by atoms with van der Waals surface area (Å²) in [6.07, 6.45) is 6.25. The number of para-hydroxylation sites is 1.